The number of hydrogen-bond acceptors (Lipinski definition) is 4. The zero-order chi connectivity index (χ0) is 16.2. The topological polar surface area (TPSA) is 76.5 Å². The highest BCUT2D eigenvalue weighted by molar-refractivity contribution is 5.93. The minimum Gasteiger partial charge on any atom is -0.376 e. The van der Waals surface area contributed by atoms with Gasteiger partial charge in [-0.15, -0.1) is 0 Å². The standard InChI is InChI=1S/C15H24N4O3/c1-16-13(20)5-7-15(22-3)6-4-8-19(11-15)14(21)12-9-17-18(2)10-12/h9-10H,4-8,11H2,1-3H3,(H,16,20)/t15-/m1/s1. The van der Waals surface area contributed by atoms with Crippen LogP contribution in [0.1, 0.15) is 36.0 Å². The van der Waals surface area contributed by atoms with Crippen LogP contribution in [-0.4, -0.2) is 59.3 Å². The summed E-state index contributed by atoms with van der Waals surface area (Å²) in [7, 11) is 5.07. The van der Waals surface area contributed by atoms with Crippen molar-refractivity contribution in [2.24, 2.45) is 7.05 Å². The smallest absolute Gasteiger partial charge is 0.257 e. The Labute approximate surface area is 130 Å². The molecule has 1 aromatic heterocycles. The Morgan fingerprint density at radius 1 is 1.50 bits per heavy atom. The van der Waals surface area contributed by atoms with E-state index in [4.69, 9.17) is 4.74 Å². The number of methoxy groups -OCH3 is 1. The second kappa shape index (κ2) is 6.91. The zero-order valence-electron chi connectivity index (χ0n) is 13.5. The first-order chi connectivity index (χ1) is 10.5. The Bertz CT molecular complexity index is 543. The van der Waals surface area contributed by atoms with Crippen LogP contribution >= 0.6 is 0 Å². The van der Waals surface area contributed by atoms with Gasteiger partial charge in [0.1, 0.15) is 0 Å². The number of nitrogens with zero attached hydrogens (tertiary/aromatic N) is 3. The van der Waals surface area contributed by atoms with Crippen molar-refractivity contribution < 1.29 is 14.3 Å². The molecular weight excluding hydrogens is 284 g/mol. The first-order valence-corrected chi connectivity index (χ1v) is 7.53. The molecule has 0 unspecified atom stereocenters. The van der Waals surface area contributed by atoms with Gasteiger partial charge in [-0.05, 0) is 19.3 Å². The van der Waals surface area contributed by atoms with Gasteiger partial charge in [-0.25, -0.2) is 0 Å². The predicted molar refractivity (Wildman–Crippen MR) is 81.4 cm³/mol. The number of piperidine rings is 1. The summed E-state index contributed by atoms with van der Waals surface area (Å²) >= 11 is 0. The van der Waals surface area contributed by atoms with E-state index in [1.165, 1.54) is 0 Å². The molecule has 122 valence electrons. The summed E-state index contributed by atoms with van der Waals surface area (Å²) in [6.07, 6.45) is 6.04. The monoisotopic (exact) mass is 308 g/mol. The quantitative estimate of drug-likeness (QED) is 0.862. The highest BCUT2D eigenvalue weighted by atomic mass is 16.5. The van der Waals surface area contributed by atoms with Gasteiger partial charge in [0.25, 0.3) is 5.91 Å². The van der Waals surface area contributed by atoms with Crippen LogP contribution < -0.4 is 5.32 Å². The average Bonchev–Trinajstić information content (AvgIpc) is 2.98. The van der Waals surface area contributed by atoms with E-state index in [0.717, 1.165) is 12.8 Å². The molecule has 0 saturated carbocycles. The zero-order valence-corrected chi connectivity index (χ0v) is 13.5. The Morgan fingerprint density at radius 3 is 2.86 bits per heavy atom. The molecule has 2 amide bonds. The second-order valence-electron chi connectivity index (χ2n) is 5.79. The van der Waals surface area contributed by atoms with E-state index in [-0.39, 0.29) is 11.8 Å². The minimum absolute atomic E-state index is 0.00728. The molecule has 0 radical (unpaired) electrons. The first-order valence-electron chi connectivity index (χ1n) is 7.53. The molecule has 7 heteroatoms. The molecule has 0 spiro atoms. The Balaban J connectivity index is 2.05. The second-order valence-corrected chi connectivity index (χ2v) is 5.79. The van der Waals surface area contributed by atoms with Gasteiger partial charge in [0.05, 0.1) is 17.4 Å². The summed E-state index contributed by atoms with van der Waals surface area (Å²) in [6.45, 7) is 1.22. The first kappa shape index (κ1) is 16.5. The molecule has 2 heterocycles. The summed E-state index contributed by atoms with van der Waals surface area (Å²) in [5, 5.41) is 6.67. The van der Waals surface area contributed by atoms with Crippen molar-refractivity contribution >= 4 is 11.8 Å². The molecule has 1 saturated heterocycles. The molecule has 0 aliphatic carbocycles. The van der Waals surface area contributed by atoms with Crippen molar-refractivity contribution in [1.82, 2.24) is 20.0 Å². The summed E-state index contributed by atoms with van der Waals surface area (Å²) in [5.41, 5.74) is 0.142. The molecule has 22 heavy (non-hydrogen) atoms. The van der Waals surface area contributed by atoms with E-state index in [0.29, 0.717) is 31.5 Å². The summed E-state index contributed by atoms with van der Waals surface area (Å²) in [4.78, 5) is 25.8. The number of ether oxygens (including phenoxy) is 1. The summed E-state index contributed by atoms with van der Waals surface area (Å²) in [5.74, 6) is -0.0405. The van der Waals surface area contributed by atoms with Crippen molar-refractivity contribution in [3.63, 3.8) is 0 Å². The summed E-state index contributed by atoms with van der Waals surface area (Å²) in [6, 6.07) is 0. The van der Waals surface area contributed by atoms with Crippen molar-refractivity contribution in [1.29, 1.82) is 0 Å². The summed E-state index contributed by atoms with van der Waals surface area (Å²) < 4.78 is 7.32. The van der Waals surface area contributed by atoms with Gasteiger partial charge in [-0.2, -0.15) is 5.10 Å². The van der Waals surface area contributed by atoms with Crippen LogP contribution in [0.3, 0.4) is 0 Å². The fourth-order valence-corrected chi connectivity index (χ4v) is 2.92. The van der Waals surface area contributed by atoms with Crippen molar-refractivity contribution in [2.45, 2.75) is 31.3 Å². The van der Waals surface area contributed by atoms with Crippen LogP contribution in [0.4, 0.5) is 0 Å². The van der Waals surface area contributed by atoms with Gasteiger partial charge in [0.2, 0.25) is 5.91 Å². The van der Waals surface area contributed by atoms with Crippen LogP contribution in [-0.2, 0) is 16.6 Å². The molecule has 1 aromatic rings. The average molecular weight is 308 g/mol. The lowest BCUT2D eigenvalue weighted by molar-refractivity contribution is -0.123. The van der Waals surface area contributed by atoms with Gasteiger partial charge < -0.3 is 15.0 Å². The van der Waals surface area contributed by atoms with Crippen LogP contribution in [0.5, 0.6) is 0 Å². The third kappa shape index (κ3) is 3.65. The van der Waals surface area contributed by atoms with Crippen LogP contribution in [0, 0.1) is 0 Å². The molecule has 0 aromatic carbocycles. The Hall–Kier alpha value is -1.89. The van der Waals surface area contributed by atoms with Gasteiger partial charge in [-0.1, -0.05) is 0 Å². The van der Waals surface area contributed by atoms with Gasteiger partial charge in [0, 0.05) is 46.9 Å². The largest absolute Gasteiger partial charge is 0.376 e. The minimum atomic E-state index is -0.442. The third-order valence-corrected chi connectivity index (χ3v) is 4.30. The maximum absolute atomic E-state index is 12.5. The molecule has 2 rings (SSSR count). The van der Waals surface area contributed by atoms with Gasteiger partial charge >= 0.3 is 0 Å². The van der Waals surface area contributed by atoms with Gasteiger partial charge in [-0.3, -0.25) is 14.3 Å². The number of amides is 2. The lowest BCUT2D eigenvalue weighted by Gasteiger charge is -2.41. The predicted octanol–water partition coefficient (Wildman–Crippen LogP) is 0.567. The fourth-order valence-electron chi connectivity index (χ4n) is 2.92. The van der Waals surface area contributed by atoms with Crippen molar-refractivity contribution in [3.05, 3.63) is 18.0 Å². The van der Waals surface area contributed by atoms with E-state index in [1.807, 2.05) is 0 Å². The normalized spacial score (nSPS) is 21.7. The number of hydrogen-bond donors (Lipinski definition) is 1. The molecule has 0 bridgehead atoms. The molecule has 1 N–H and O–H groups in total. The SMILES string of the molecule is CNC(=O)CC[C@]1(OC)CCCN(C(=O)c2cnn(C)c2)C1. The lowest BCUT2D eigenvalue weighted by Crippen LogP contribution is -2.51. The number of aryl methyl sites for hydroxylation is 1. The highest BCUT2D eigenvalue weighted by Gasteiger charge is 2.37. The van der Waals surface area contributed by atoms with Crippen LogP contribution in [0.2, 0.25) is 0 Å². The molecule has 1 fully saturated rings. The molecule has 1 aliphatic heterocycles. The number of likely N-dealkylation sites (tertiary alicyclic amines) is 1. The molecular formula is C15H24N4O3. The van der Waals surface area contributed by atoms with E-state index >= 15 is 0 Å². The number of carbonyl (C=O) groups is 2. The van der Waals surface area contributed by atoms with Crippen LogP contribution in [0.25, 0.3) is 0 Å². The number of aromatic nitrogens is 2. The highest BCUT2D eigenvalue weighted by Crippen LogP contribution is 2.30. The fraction of sp³-hybridized carbons (Fsp3) is 0.667. The molecule has 1 aliphatic rings. The lowest BCUT2D eigenvalue weighted by atomic mass is 9.87. The Morgan fingerprint density at radius 2 is 2.27 bits per heavy atom. The van der Waals surface area contributed by atoms with Crippen molar-refractivity contribution in [2.75, 3.05) is 27.2 Å². The van der Waals surface area contributed by atoms with Crippen LogP contribution in [0.15, 0.2) is 12.4 Å². The number of nitrogens with one attached hydrogen (secondary N) is 1. The third-order valence-electron chi connectivity index (χ3n) is 4.30. The van der Waals surface area contributed by atoms with E-state index in [9.17, 15) is 9.59 Å². The number of carbonyl (C=O) groups excluding carboxylic acids is 2. The molecule has 1 atom stereocenters. The van der Waals surface area contributed by atoms with Gasteiger partial charge in [0.15, 0.2) is 0 Å². The maximum atomic E-state index is 12.5. The van der Waals surface area contributed by atoms with E-state index in [1.54, 1.807) is 43.2 Å². The van der Waals surface area contributed by atoms with Crippen molar-refractivity contribution in [3.8, 4) is 0 Å². The number of rotatable bonds is 5. The van der Waals surface area contributed by atoms with E-state index in [2.05, 4.69) is 10.4 Å². The molecule has 7 nitrogen and oxygen atoms in total. The maximum Gasteiger partial charge on any atom is 0.257 e. The Kier molecular flexibility index (Phi) is 5.18. The van der Waals surface area contributed by atoms with E-state index < -0.39 is 5.60 Å².